The lowest BCUT2D eigenvalue weighted by Gasteiger charge is -2.15. The number of benzene rings is 2. The van der Waals surface area contributed by atoms with E-state index in [0.717, 1.165) is 17.4 Å². The van der Waals surface area contributed by atoms with Crippen molar-refractivity contribution in [3.8, 4) is 23.0 Å². The topological polar surface area (TPSA) is 122 Å². The standard InChI is InChI=1S/C22H25NO9S/c1-27-15-6-5-13(18(21(15)28-2)22(24)29-3)19-20(32-19)14-10-17-16(30-11-31-17)9-12(14)7-8-23-33(4,25)26/h5-6,9-10,19-20,23H,7-8,11H2,1-4H3/t19-,20-/m1/s1. The second kappa shape index (κ2) is 9.08. The Morgan fingerprint density at radius 2 is 1.76 bits per heavy atom. The zero-order valence-corrected chi connectivity index (χ0v) is 19.5. The SMILES string of the molecule is COC(=O)c1c([C@H]2O[C@@H]2c2cc3c(cc2CCNS(C)(=O)=O)OCO3)ccc(OC)c1OC. The van der Waals surface area contributed by atoms with Gasteiger partial charge in [-0.1, -0.05) is 6.07 Å². The summed E-state index contributed by atoms with van der Waals surface area (Å²) < 4.78 is 58.2. The van der Waals surface area contributed by atoms with Crippen LogP contribution >= 0.6 is 0 Å². The van der Waals surface area contributed by atoms with Gasteiger partial charge in [0.15, 0.2) is 23.0 Å². The molecule has 2 aromatic rings. The lowest BCUT2D eigenvalue weighted by molar-refractivity contribution is 0.0594. The zero-order chi connectivity index (χ0) is 23.8. The van der Waals surface area contributed by atoms with Gasteiger partial charge in [-0.3, -0.25) is 0 Å². The molecule has 0 aliphatic carbocycles. The number of sulfonamides is 1. The lowest BCUT2D eigenvalue weighted by Crippen LogP contribution is -2.24. The maximum Gasteiger partial charge on any atom is 0.342 e. The van der Waals surface area contributed by atoms with Gasteiger partial charge in [-0.05, 0) is 35.7 Å². The molecular weight excluding hydrogens is 454 g/mol. The number of carbonyl (C=O) groups excluding carboxylic acids is 1. The van der Waals surface area contributed by atoms with E-state index >= 15 is 0 Å². The van der Waals surface area contributed by atoms with Crippen LogP contribution in [0.25, 0.3) is 0 Å². The summed E-state index contributed by atoms with van der Waals surface area (Å²) in [6.45, 7) is 0.323. The van der Waals surface area contributed by atoms with Gasteiger partial charge in [-0.15, -0.1) is 0 Å². The number of carbonyl (C=O) groups is 1. The number of methoxy groups -OCH3 is 3. The van der Waals surface area contributed by atoms with E-state index in [1.807, 2.05) is 12.1 Å². The van der Waals surface area contributed by atoms with E-state index in [1.54, 1.807) is 12.1 Å². The molecule has 1 N–H and O–H groups in total. The second-order valence-electron chi connectivity index (χ2n) is 7.55. The molecule has 0 saturated carbocycles. The fourth-order valence-electron chi connectivity index (χ4n) is 3.93. The van der Waals surface area contributed by atoms with Gasteiger partial charge < -0.3 is 28.4 Å². The predicted molar refractivity (Wildman–Crippen MR) is 117 cm³/mol. The minimum Gasteiger partial charge on any atom is -0.493 e. The summed E-state index contributed by atoms with van der Waals surface area (Å²) in [6.07, 6.45) is 0.704. The molecule has 2 aliphatic heterocycles. The van der Waals surface area contributed by atoms with E-state index < -0.39 is 22.1 Å². The average Bonchev–Trinajstić information content (AvgIpc) is 3.45. The number of nitrogens with one attached hydrogen (secondary N) is 1. The van der Waals surface area contributed by atoms with Crippen molar-refractivity contribution in [3.05, 3.63) is 46.5 Å². The Hall–Kier alpha value is -3.02. The maximum atomic E-state index is 12.6. The third-order valence-electron chi connectivity index (χ3n) is 5.46. The molecule has 4 rings (SSSR count). The summed E-state index contributed by atoms with van der Waals surface area (Å²) in [4.78, 5) is 12.6. The normalized spacial score (nSPS) is 18.7. The number of rotatable bonds is 9. The monoisotopic (exact) mass is 479 g/mol. The molecular formula is C22H25NO9S. The minimum atomic E-state index is -3.32. The Kier molecular flexibility index (Phi) is 6.37. The zero-order valence-electron chi connectivity index (χ0n) is 18.7. The Morgan fingerprint density at radius 3 is 2.39 bits per heavy atom. The molecule has 2 heterocycles. The van der Waals surface area contributed by atoms with Crippen LogP contribution in [0.15, 0.2) is 24.3 Å². The van der Waals surface area contributed by atoms with Crippen LogP contribution in [-0.4, -0.2) is 55.3 Å². The molecule has 11 heteroatoms. The molecule has 10 nitrogen and oxygen atoms in total. The highest BCUT2D eigenvalue weighted by atomic mass is 32.2. The largest absolute Gasteiger partial charge is 0.493 e. The Bertz CT molecular complexity index is 1180. The molecule has 0 radical (unpaired) electrons. The molecule has 1 fully saturated rings. The third kappa shape index (κ3) is 4.70. The smallest absolute Gasteiger partial charge is 0.342 e. The van der Waals surface area contributed by atoms with E-state index in [2.05, 4.69) is 4.72 Å². The molecule has 0 amide bonds. The molecule has 2 aromatic carbocycles. The van der Waals surface area contributed by atoms with Crippen molar-refractivity contribution < 1.29 is 41.6 Å². The number of ether oxygens (including phenoxy) is 6. The molecule has 0 spiro atoms. The average molecular weight is 480 g/mol. The molecule has 0 unspecified atom stereocenters. The first kappa shape index (κ1) is 23.1. The van der Waals surface area contributed by atoms with Gasteiger partial charge in [0.05, 0.1) is 27.6 Å². The van der Waals surface area contributed by atoms with Crippen molar-refractivity contribution in [2.75, 3.05) is 40.9 Å². The Morgan fingerprint density at radius 1 is 1.06 bits per heavy atom. The van der Waals surface area contributed by atoms with Crippen LogP contribution in [0.5, 0.6) is 23.0 Å². The Labute approximate surface area is 191 Å². The van der Waals surface area contributed by atoms with Crippen LogP contribution < -0.4 is 23.7 Å². The highest BCUT2D eigenvalue weighted by Crippen LogP contribution is 2.56. The van der Waals surface area contributed by atoms with Gasteiger partial charge in [0, 0.05) is 12.1 Å². The summed E-state index contributed by atoms with van der Waals surface area (Å²) in [5.41, 5.74) is 2.50. The first-order valence-corrected chi connectivity index (χ1v) is 12.0. The van der Waals surface area contributed by atoms with Gasteiger partial charge >= 0.3 is 5.97 Å². The highest BCUT2D eigenvalue weighted by molar-refractivity contribution is 7.88. The molecule has 178 valence electrons. The van der Waals surface area contributed by atoms with Crippen LogP contribution in [0.3, 0.4) is 0 Å². The van der Waals surface area contributed by atoms with E-state index in [-0.39, 0.29) is 30.8 Å². The van der Waals surface area contributed by atoms with E-state index in [9.17, 15) is 13.2 Å². The van der Waals surface area contributed by atoms with Crippen molar-refractivity contribution in [1.29, 1.82) is 0 Å². The van der Waals surface area contributed by atoms with Gasteiger partial charge in [0.2, 0.25) is 16.8 Å². The molecule has 0 aromatic heterocycles. The van der Waals surface area contributed by atoms with Crippen LogP contribution in [0.1, 0.15) is 39.3 Å². The molecule has 33 heavy (non-hydrogen) atoms. The van der Waals surface area contributed by atoms with Crippen molar-refractivity contribution in [2.24, 2.45) is 0 Å². The minimum absolute atomic E-state index is 0.108. The summed E-state index contributed by atoms with van der Waals surface area (Å²) >= 11 is 0. The molecule has 2 aliphatic rings. The van der Waals surface area contributed by atoms with Crippen LogP contribution in [0.4, 0.5) is 0 Å². The third-order valence-corrected chi connectivity index (χ3v) is 6.19. The van der Waals surface area contributed by atoms with Gasteiger partial charge in [-0.2, -0.15) is 0 Å². The lowest BCUT2D eigenvalue weighted by atomic mass is 9.94. The first-order valence-electron chi connectivity index (χ1n) is 10.1. The van der Waals surface area contributed by atoms with Crippen LogP contribution in [0.2, 0.25) is 0 Å². The second-order valence-corrected chi connectivity index (χ2v) is 9.39. The maximum absolute atomic E-state index is 12.6. The number of hydrogen-bond acceptors (Lipinski definition) is 9. The highest BCUT2D eigenvalue weighted by Gasteiger charge is 2.46. The van der Waals surface area contributed by atoms with Crippen LogP contribution in [0, 0.1) is 0 Å². The number of esters is 1. The van der Waals surface area contributed by atoms with Crippen LogP contribution in [-0.2, 0) is 25.9 Å². The predicted octanol–water partition coefficient (Wildman–Crippen LogP) is 2.12. The summed E-state index contributed by atoms with van der Waals surface area (Å²) in [5.74, 6) is 1.26. The van der Waals surface area contributed by atoms with Crippen molar-refractivity contribution in [1.82, 2.24) is 4.72 Å². The first-order chi connectivity index (χ1) is 15.8. The molecule has 0 bridgehead atoms. The van der Waals surface area contributed by atoms with E-state index in [0.29, 0.717) is 29.2 Å². The fraction of sp³-hybridized carbons (Fsp3) is 0.409. The number of epoxide rings is 1. The Balaban J connectivity index is 1.68. The summed E-state index contributed by atoms with van der Waals surface area (Å²) in [6, 6.07) is 7.11. The summed E-state index contributed by atoms with van der Waals surface area (Å²) in [5, 5.41) is 0. The van der Waals surface area contributed by atoms with Gasteiger partial charge in [0.1, 0.15) is 17.8 Å². The quantitative estimate of drug-likeness (QED) is 0.426. The van der Waals surface area contributed by atoms with Crippen molar-refractivity contribution in [2.45, 2.75) is 18.6 Å². The van der Waals surface area contributed by atoms with Gasteiger partial charge in [-0.25, -0.2) is 17.9 Å². The fourth-order valence-corrected chi connectivity index (χ4v) is 4.40. The van der Waals surface area contributed by atoms with Gasteiger partial charge in [0.25, 0.3) is 0 Å². The van der Waals surface area contributed by atoms with Crippen molar-refractivity contribution >= 4 is 16.0 Å². The van der Waals surface area contributed by atoms with Crippen molar-refractivity contribution in [3.63, 3.8) is 0 Å². The summed E-state index contributed by atoms with van der Waals surface area (Å²) in [7, 11) is 0.902. The number of hydrogen-bond donors (Lipinski definition) is 1. The molecule has 1 saturated heterocycles. The van der Waals surface area contributed by atoms with E-state index in [1.165, 1.54) is 21.3 Å². The molecule has 2 atom stereocenters. The van der Waals surface area contributed by atoms with E-state index in [4.69, 9.17) is 28.4 Å². The number of fused-ring (bicyclic) bond motifs is 1.